The van der Waals surface area contributed by atoms with Gasteiger partial charge in [-0.3, -0.25) is 4.90 Å². The first-order valence-corrected chi connectivity index (χ1v) is 12.2. The van der Waals surface area contributed by atoms with E-state index in [-0.39, 0.29) is 0 Å². The number of halogens is 1. The molecule has 29 heavy (non-hydrogen) atoms. The number of sulfonamides is 1. The van der Waals surface area contributed by atoms with Crippen molar-refractivity contribution in [2.24, 2.45) is 5.92 Å². The van der Waals surface area contributed by atoms with Crippen LogP contribution in [0.1, 0.15) is 35.1 Å². The number of rotatable bonds is 4. The molecule has 156 valence electrons. The highest BCUT2D eigenvalue weighted by Crippen LogP contribution is 2.30. The Bertz CT molecular complexity index is 998. The summed E-state index contributed by atoms with van der Waals surface area (Å²) in [6.07, 6.45) is 2.95. The summed E-state index contributed by atoms with van der Waals surface area (Å²) in [5.74, 6) is 0.555. The van der Waals surface area contributed by atoms with Crippen LogP contribution < -0.4 is 0 Å². The van der Waals surface area contributed by atoms with Crippen molar-refractivity contribution in [3.05, 3.63) is 63.7 Å². The zero-order valence-electron chi connectivity index (χ0n) is 17.2. The van der Waals surface area contributed by atoms with Gasteiger partial charge in [-0.15, -0.1) is 0 Å². The highest BCUT2D eigenvalue weighted by Gasteiger charge is 2.31. The molecular weight excluding hydrogens is 404 g/mol. The molecule has 2 heterocycles. The molecule has 4 rings (SSSR count). The molecular formula is C23H29ClN2O2S. The molecule has 0 atom stereocenters. The molecule has 0 bridgehead atoms. The largest absolute Gasteiger partial charge is 0.298 e. The van der Waals surface area contributed by atoms with Gasteiger partial charge in [-0.05, 0) is 73.4 Å². The summed E-state index contributed by atoms with van der Waals surface area (Å²) in [6, 6.07) is 12.2. The van der Waals surface area contributed by atoms with E-state index in [1.165, 1.54) is 11.1 Å². The summed E-state index contributed by atoms with van der Waals surface area (Å²) in [7, 11) is -3.47. The zero-order chi connectivity index (χ0) is 20.6. The molecule has 1 saturated heterocycles. The van der Waals surface area contributed by atoms with E-state index in [2.05, 4.69) is 29.2 Å². The van der Waals surface area contributed by atoms with Crippen molar-refractivity contribution < 1.29 is 8.42 Å². The molecule has 2 aliphatic rings. The van der Waals surface area contributed by atoms with E-state index in [0.29, 0.717) is 28.9 Å². The highest BCUT2D eigenvalue weighted by molar-refractivity contribution is 7.89. The molecule has 0 aliphatic carbocycles. The van der Waals surface area contributed by atoms with Gasteiger partial charge in [0, 0.05) is 37.7 Å². The fourth-order valence-electron chi connectivity index (χ4n) is 4.58. The molecule has 0 spiro atoms. The first-order chi connectivity index (χ1) is 13.8. The lowest BCUT2D eigenvalue weighted by Crippen LogP contribution is -2.42. The summed E-state index contributed by atoms with van der Waals surface area (Å²) in [4.78, 5) is 2.93. The van der Waals surface area contributed by atoms with Crippen molar-refractivity contribution in [2.45, 2.75) is 44.6 Å². The fourth-order valence-corrected chi connectivity index (χ4v) is 6.56. The Balaban J connectivity index is 1.38. The quantitative estimate of drug-likeness (QED) is 0.718. The van der Waals surface area contributed by atoms with Crippen LogP contribution >= 0.6 is 11.6 Å². The first kappa shape index (κ1) is 20.9. The van der Waals surface area contributed by atoms with Crippen molar-refractivity contribution in [3.63, 3.8) is 0 Å². The minimum absolute atomic E-state index is 0.394. The third kappa shape index (κ3) is 4.38. The van der Waals surface area contributed by atoms with Crippen LogP contribution in [0.25, 0.3) is 0 Å². The summed E-state index contributed by atoms with van der Waals surface area (Å²) in [5, 5.41) is 0.614. The van der Waals surface area contributed by atoms with Gasteiger partial charge in [0.1, 0.15) is 0 Å². The van der Waals surface area contributed by atoms with Gasteiger partial charge in [-0.1, -0.05) is 35.9 Å². The van der Waals surface area contributed by atoms with E-state index in [1.54, 1.807) is 16.4 Å². The molecule has 2 aromatic carbocycles. The Morgan fingerprint density at radius 2 is 1.69 bits per heavy atom. The maximum atomic E-state index is 13.2. The van der Waals surface area contributed by atoms with E-state index in [9.17, 15) is 8.42 Å². The molecule has 2 aromatic rings. The monoisotopic (exact) mass is 432 g/mol. The van der Waals surface area contributed by atoms with Crippen LogP contribution in [0.15, 0.2) is 41.3 Å². The third-order valence-electron chi connectivity index (χ3n) is 6.37. The SMILES string of the molecule is Cc1cc(S(=O)(=O)N2CCC(CN3CCc4ccccc4C3)CC2)c(C)cc1Cl. The standard InChI is InChI=1S/C23H29ClN2O2S/c1-17-14-23(18(2)13-22(17)24)29(27,28)26-11-7-19(8-12-26)15-25-10-9-20-5-3-4-6-21(20)16-25/h3-6,13-14,19H,7-12,15-16H2,1-2H3. The number of benzene rings is 2. The zero-order valence-corrected chi connectivity index (χ0v) is 18.8. The van der Waals surface area contributed by atoms with Gasteiger partial charge >= 0.3 is 0 Å². The summed E-state index contributed by atoms with van der Waals surface area (Å²) < 4.78 is 28.0. The average Bonchev–Trinajstić information content (AvgIpc) is 2.71. The fraction of sp³-hybridized carbons (Fsp3) is 0.478. The van der Waals surface area contributed by atoms with Crippen LogP contribution in [-0.2, 0) is 23.0 Å². The maximum Gasteiger partial charge on any atom is 0.243 e. The van der Waals surface area contributed by atoms with Crippen LogP contribution in [0.3, 0.4) is 0 Å². The second-order valence-corrected chi connectivity index (χ2v) is 10.8. The number of nitrogens with zero attached hydrogens (tertiary/aromatic N) is 2. The Labute approximate surface area is 179 Å². The number of hydrogen-bond acceptors (Lipinski definition) is 3. The number of aryl methyl sites for hydroxylation is 2. The third-order valence-corrected chi connectivity index (χ3v) is 8.82. The van der Waals surface area contributed by atoms with Gasteiger partial charge in [0.15, 0.2) is 0 Å². The Morgan fingerprint density at radius 3 is 2.41 bits per heavy atom. The van der Waals surface area contributed by atoms with Crippen molar-refractivity contribution in [1.29, 1.82) is 0 Å². The molecule has 0 aromatic heterocycles. The summed E-state index contributed by atoms with van der Waals surface area (Å²) in [6.45, 7) is 8.03. The lowest BCUT2D eigenvalue weighted by atomic mass is 9.94. The van der Waals surface area contributed by atoms with E-state index in [4.69, 9.17) is 11.6 Å². The lowest BCUT2D eigenvalue weighted by molar-refractivity contribution is 0.171. The minimum atomic E-state index is -3.47. The smallest absolute Gasteiger partial charge is 0.243 e. The van der Waals surface area contributed by atoms with Gasteiger partial charge < -0.3 is 0 Å². The van der Waals surface area contributed by atoms with E-state index in [0.717, 1.165) is 50.0 Å². The Morgan fingerprint density at radius 1 is 1.00 bits per heavy atom. The van der Waals surface area contributed by atoms with Crippen LogP contribution in [0.4, 0.5) is 0 Å². The van der Waals surface area contributed by atoms with Crippen molar-refractivity contribution >= 4 is 21.6 Å². The Kier molecular flexibility index (Phi) is 6.03. The van der Waals surface area contributed by atoms with Gasteiger partial charge in [-0.25, -0.2) is 8.42 Å². The molecule has 0 amide bonds. The number of fused-ring (bicyclic) bond motifs is 1. The lowest BCUT2D eigenvalue weighted by Gasteiger charge is -2.36. The van der Waals surface area contributed by atoms with E-state index in [1.807, 2.05) is 13.8 Å². The first-order valence-electron chi connectivity index (χ1n) is 10.4. The topological polar surface area (TPSA) is 40.6 Å². The number of hydrogen-bond donors (Lipinski definition) is 0. The molecule has 0 radical (unpaired) electrons. The van der Waals surface area contributed by atoms with Crippen molar-refractivity contribution in [1.82, 2.24) is 9.21 Å². The maximum absolute atomic E-state index is 13.2. The van der Waals surface area contributed by atoms with Gasteiger partial charge in [0.25, 0.3) is 0 Å². The molecule has 0 saturated carbocycles. The van der Waals surface area contributed by atoms with E-state index >= 15 is 0 Å². The molecule has 1 fully saturated rings. The highest BCUT2D eigenvalue weighted by atomic mass is 35.5. The predicted octanol–water partition coefficient (Wildman–Crippen LogP) is 4.42. The van der Waals surface area contributed by atoms with Crippen LogP contribution in [0.5, 0.6) is 0 Å². The summed E-state index contributed by atoms with van der Waals surface area (Å²) in [5.41, 5.74) is 4.43. The van der Waals surface area contributed by atoms with E-state index < -0.39 is 10.0 Å². The second kappa shape index (κ2) is 8.38. The average molecular weight is 433 g/mol. The van der Waals surface area contributed by atoms with Crippen LogP contribution in [-0.4, -0.2) is 43.8 Å². The minimum Gasteiger partial charge on any atom is -0.298 e. The van der Waals surface area contributed by atoms with Gasteiger partial charge in [0.2, 0.25) is 10.0 Å². The van der Waals surface area contributed by atoms with Gasteiger partial charge in [0.05, 0.1) is 4.90 Å². The van der Waals surface area contributed by atoms with Crippen molar-refractivity contribution in [2.75, 3.05) is 26.2 Å². The second-order valence-electron chi connectivity index (χ2n) is 8.47. The normalized spacial score (nSPS) is 19.3. The van der Waals surface area contributed by atoms with Crippen molar-refractivity contribution in [3.8, 4) is 0 Å². The molecule has 4 nitrogen and oxygen atoms in total. The molecule has 2 aliphatic heterocycles. The van der Waals surface area contributed by atoms with Crippen LogP contribution in [0, 0.1) is 19.8 Å². The van der Waals surface area contributed by atoms with Crippen LogP contribution in [0.2, 0.25) is 5.02 Å². The molecule has 0 N–H and O–H groups in total. The predicted molar refractivity (Wildman–Crippen MR) is 118 cm³/mol. The molecule has 0 unspecified atom stereocenters. The molecule has 6 heteroatoms. The Hall–Kier alpha value is -1.40. The number of piperidine rings is 1. The van der Waals surface area contributed by atoms with Gasteiger partial charge in [-0.2, -0.15) is 4.31 Å². The summed E-state index contributed by atoms with van der Waals surface area (Å²) >= 11 is 6.15.